The second kappa shape index (κ2) is 9.83. The summed E-state index contributed by atoms with van der Waals surface area (Å²) in [6.45, 7) is 7.29. The van der Waals surface area contributed by atoms with Crippen LogP contribution in [0.5, 0.6) is 11.5 Å². The van der Waals surface area contributed by atoms with Crippen LogP contribution >= 0.6 is 24.8 Å². The maximum Gasteiger partial charge on any atom is 0.161 e. The van der Waals surface area contributed by atoms with Gasteiger partial charge in [0.25, 0.3) is 0 Å². The molecule has 144 valence electrons. The first-order chi connectivity index (χ1) is 11.1. The summed E-state index contributed by atoms with van der Waals surface area (Å²) in [4.78, 5) is 2.40. The minimum absolute atomic E-state index is 0. The highest BCUT2D eigenvalue weighted by Crippen LogP contribution is 2.33. The Morgan fingerprint density at radius 2 is 2.08 bits per heavy atom. The lowest BCUT2D eigenvalue weighted by Gasteiger charge is -2.47. The van der Waals surface area contributed by atoms with E-state index in [-0.39, 0.29) is 24.8 Å². The molecule has 0 spiro atoms. The van der Waals surface area contributed by atoms with Crippen molar-refractivity contribution in [1.82, 2.24) is 10.2 Å². The molecule has 2 N–H and O–H groups in total. The highest BCUT2D eigenvalue weighted by atomic mass is 35.5. The minimum atomic E-state index is -0.456. The molecule has 3 rings (SSSR count). The van der Waals surface area contributed by atoms with Gasteiger partial charge in [0.05, 0.1) is 12.7 Å². The average molecular weight is 393 g/mol. The third kappa shape index (κ3) is 5.38. The summed E-state index contributed by atoms with van der Waals surface area (Å²) in [7, 11) is 1.67. The fraction of sp³-hybridized carbons (Fsp3) is 0.667. The average Bonchev–Trinajstić information content (AvgIpc) is 2.56. The molecule has 0 saturated carbocycles. The van der Waals surface area contributed by atoms with Gasteiger partial charge in [-0.1, -0.05) is 6.07 Å². The fourth-order valence-electron chi connectivity index (χ4n) is 3.68. The van der Waals surface area contributed by atoms with Crippen LogP contribution < -0.4 is 14.8 Å². The molecule has 2 aliphatic rings. The number of hydrogen-bond donors (Lipinski definition) is 2. The third-order valence-electron chi connectivity index (χ3n) is 5.21. The summed E-state index contributed by atoms with van der Waals surface area (Å²) in [5.74, 6) is 1.92. The Kier molecular flexibility index (Phi) is 8.78. The van der Waals surface area contributed by atoms with Crippen molar-refractivity contribution in [2.45, 2.75) is 25.4 Å². The van der Waals surface area contributed by atoms with Gasteiger partial charge in [0.2, 0.25) is 0 Å². The topological polar surface area (TPSA) is 54.0 Å². The predicted molar refractivity (Wildman–Crippen MR) is 105 cm³/mol. The van der Waals surface area contributed by atoms with E-state index < -0.39 is 5.60 Å². The fourth-order valence-corrected chi connectivity index (χ4v) is 3.68. The molecule has 2 saturated heterocycles. The molecule has 7 heteroatoms. The zero-order valence-corrected chi connectivity index (χ0v) is 16.6. The summed E-state index contributed by atoms with van der Waals surface area (Å²) >= 11 is 0. The maximum absolute atomic E-state index is 10.7. The van der Waals surface area contributed by atoms with Gasteiger partial charge in [0.15, 0.2) is 11.5 Å². The van der Waals surface area contributed by atoms with Gasteiger partial charge in [-0.15, -0.1) is 24.8 Å². The van der Waals surface area contributed by atoms with Crippen molar-refractivity contribution >= 4 is 24.8 Å². The van der Waals surface area contributed by atoms with Gasteiger partial charge in [0.1, 0.15) is 6.61 Å². The number of aryl methyl sites for hydroxylation is 1. The minimum Gasteiger partial charge on any atom is -0.493 e. The van der Waals surface area contributed by atoms with Crippen LogP contribution in [0.2, 0.25) is 0 Å². The molecule has 25 heavy (non-hydrogen) atoms. The van der Waals surface area contributed by atoms with Gasteiger partial charge in [0, 0.05) is 32.1 Å². The number of likely N-dealkylation sites (tertiary alicyclic amines) is 1. The maximum atomic E-state index is 10.7. The predicted octanol–water partition coefficient (Wildman–Crippen LogP) is 2.27. The largest absolute Gasteiger partial charge is 0.493 e. The van der Waals surface area contributed by atoms with E-state index in [9.17, 15) is 5.11 Å². The van der Waals surface area contributed by atoms with Gasteiger partial charge in [-0.05, 0) is 44.0 Å². The molecule has 0 bridgehead atoms. The molecule has 2 heterocycles. The molecule has 0 aliphatic carbocycles. The van der Waals surface area contributed by atoms with Crippen LogP contribution in [0.3, 0.4) is 0 Å². The van der Waals surface area contributed by atoms with E-state index in [0.717, 1.165) is 62.6 Å². The summed E-state index contributed by atoms with van der Waals surface area (Å²) in [6.07, 6.45) is 1.75. The molecular formula is C18H30Cl2N2O3. The lowest BCUT2D eigenvalue weighted by molar-refractivity contribution is -0.0895. The molecule has 0 amide bonds. The SMILES string of the molecule is COc1cc(C)ccc1OCCN1CC[C@@]2(O)CCNC[C@H]2C1.Cl.Cl. The Balaban J connectivity index is 0.00000156. The number of methoxy groups -OCH3 is 1. The second-order valence-corrected chi connectivity index (χ2v) is 6.81. The number of nitrogens with one attached hydrogen (secondary N) is 1. The van der Waals surface area contributed by atoms with Crippen LogP contribution in [-0.4, -0.2) is 62.0 Å². The third-order valence-corrected chi connectivity index (χ3v) is 5.21. The van der Waals surface area contributed by atoms with Gasteiger partial charge >= 0.3 is 0 Å². The van der Waals surface area contributed by atoms with Crippen molar-refractivity contribution in [3.05, 3.63) is 23.8 Å². The Morgan fingerprint density at radius 1 is 1.28 bits per heavy atom. The summed E-state index contributed by atoms with van der Waals surface area (Å²) < 4.78 is 11.3. The van der Waals surface area contributed by atoms with E-state index in [1.807, 2.05) is 25.1 Å². The highest BCUT2D eigenvalue weighted by molar-refractivity contribution is 5.85. The van der Waals surface area contributed by atoms with Crippen LogP contribution in [0.1, 0.15) is 18.4 Å². The smallest absolute Gasteiger partial charge is 0.161 e. The van der Waals surface area contributed by atoms with Gasteiger partial charge < -0.3 is 19.9 Å². The lowest BCUT2D eigenvalue weighted by Crippen LogP contribution is -2.59. The van der Waals surface area contributed by atoms with Crippen LogP contribution in [0, 0.1) is 12.8 Å². The van der Waals surface area contributed by atoms with Crippen LogP contribution in [-0.2, 0) is 0 Å². The number of hydrogen-bond acceptors (Lipinski definition) is 5. The first kappa shape index (κ1) is 22.3. The van der Waals surface area contributed by atoms with E-state index in [1.54, 1.807) is 7.11 Å². The molecule has 0 radical (unpaired) electrons. The lowest BCUT2D eigenvalue weighted by atomic mass is 9.76. The number of ether oxygens (including phenoxy) is 2. The molecule has 2 aliphatic heterocycles. The summed E-state index contributed by atoms with van der Waals surface area (Å²) in [6, 6.07) is 5.99. The number of piperidine rings is 2. The van der Waals surface area contributed by atoms with Crippen molar-refractivity contribution in [2.75, 3.05) is 46.4 Å². The van der Waals surface area contributed by atoms with Crippen molar-refractivity contribution in [1.29, 1.82) is 0 Å². The Hall–Kier alpha value is -0.720. The van der Waals surface area contributed by atoms with E-state index in [2.05, 4.69) is 10.2 Å². The molecule has 2 atom stereocenters. The second-order valence-electron chi connectivity index (χ2n) is 6.81. The van der Waals surface area contributed by atoms with Gasteiger partial charge in [-0.25, -0.2) is 0 Å². The van der Waals surface area contributed by atoms with E-state index >= 15 is 0 Å². The van der Waals surface area contributed by atoms with Crippen molar-refractivity contribution in [2.24, 2.45) is 5.92 Å². The van der Waals surface area contributed by atoms with E-state index in [4.69, 9.17) is 9.47 Å². The summed E-state index contributed by atoms with van der Waals surface area (Å²) in [5.41, 5.74) is 0.706. The molecule has 0 unspecified atom stereocenters. The van der Waals surface area contributed by atoms with Gasteiger partial charge in [-0.3, -0.25) is 4.90 Å². The molecular weight excluding hydrogens is 363 g/mol. The number of nitrogens with zero attached hydrogens (tertiary/aromatic N) is 1. The first-order valence-electron chi connectivity index (χ1n) is 8.53. The summed E-state index contributed by atoms with van der Waals surface area (Å²) in [5, 5.41) is 14.1. The number of fused-ring (bicyclic) bond motifs is 1. The van der Waals surface area contributed by atoms with Crippen molar-refractivity contribution in [3.8, 4) is 11.5 Å². The molecule has 5 nitrogen and oxygen atoms in total. The molecule has 1 aromatic carbocycles. The number of halogens is 2. The van der Waals surface area contributed by atoms with Crippen LogP contribution in [0.4, 0.5) is 0 Å². The Labute approximate surface area is 162 Å². The zero-order valence-electron chi connectivity index (χ0n) is 15.0. The standard InChI is InChI=1S/C18H28N2O3.2ClH/c1-14-3-4-16(17(11-14)22-2)23-10-9-20-8-6-18(21)5-7-19-12-15(18)13-20;;/h3-4,11,15,19,21H,5-10,12-13H2,1-2H3;2*1H/t15-,18-;;/m0../s1. The van der Waals surface area contributed by atoms with Crippen LogP contribution in [0.15, 0.2) is 18.2 Å². The number of benzene rings is 1. The Morgan fingerprint density at radius 3 is 2.84 bits per heavy atom. The molecule has 1 aromatic rings. The van der Waals surface area contributed by atoms with Crippen LogP contribution in [0.25, 0.3) is 0 Å². The van der Waals surface area contributed by atoms with E-state index in [0.29, 0.717) is 12.5 Å². The number of aliphatic hydroxyl groups is 1. The van der Waals surface area contributed by atoms with Crippen molar-refractivity contribution < 1.29 is 14.6 Å². The highest BCUT2D eigenvalue weighted by Gasteiger charge is 2.42. The zero-order chi connectivity index (χ0) is 16.3. The van der Waals surface area contributed by atoms with Crippen molar-refractivity contribution in [3.63, 3.8) is 0 Å². The molecule has 0 aromatic heterocycles. The number of rotatable bonds is 5. The van der Waals surface area contributed by atoms with Gasteiger partial charge in [-0.2, -0.15) is 0 Å². The van der Waals surface area contributed by atoms with E-state index in [1.165, 1.54) is 0 Å². The molecule has 2 fully saturated rings. The Bertz CT molecular complexity index is 547. The monoisotopic (exact) mass is 392 g/mol. The first-order valence-corrected chi connectivity index (χ1v) is 8.53. The normalized spacial score (nSPS) is 26.0. The quantitative estimate of drug-likeness (QED) is 0.804.